The highest BCUT2D eigenvalue weighted by molar-refractivity contribution is 9.10. The maximum Gasteiger partial charge on any atom is 0.319 e. The van der Waals surface area contributed by atoms with Gasteiger partial charge in [-0.2, -0.15) is 0 Å². The molecule has 0 aliphatic heterocycles. The summed E-state index contributed by atoms with van der Waals surface area (Å²) in [5.74, 6) is -2.57. The van der Waals surface area contributed by atoms with Gasteiger partial charge in [-0.15, -0.1) is 13.2 Å². The summed E-state index contributed by atoms with van der Waals surface area (Å²) in [7, 11) is 0. The third-order valence-corrected chi connectivity index (χ3v) is 5.12. The van der Waals surface area contributed by atoms with Gasteiger partial charge in [0.2, 0.25) is 0 Å². The normalized spacial score (nSPS) is 13.7. The molecule has 170 valence electrons. The summed E-state index contributed by atoms with van der Waals surface area (Å²) in [6.07, 6.45) is 1.43. The maximum atomic E-state index is 10.9. The van der Waals surface area contributed by atoms with Gasteiger partial charge < -0.3 is 19.7 Å². The summed E-state index contributed by atoms with van der Waals surface area (Å²) in [6.45, 7) is 9.49. The molecule has 0 bridgehead atoms. The summed E-state index contributed by atoms with van der Waals surface area (Å²) < 4.78 is 9.51. The summed E-state index contributed by atoms with van der Waals surface area (Å²) in [5, 5.41) is 17.0. The Balaban J connectivity index is -0.000000430. The highest BCUT2D eigenvalue weighted by atomic mass is 79.9. The maximum absolute atomic E-state index is 10.9. The molecule has 0 fully saturated rings. The van der Waals surface area contributed by atoms with Crippen LogP contribution in [-0.2, 0) is 28.7 Å². The van der Waals surface area contributed by atoms with Crippen LogP contribution in [0.15, 0.2) is 13.2 Å². The molecule has 2 N–H and O–H groups in total. The number of carbonyl (C=O) groups is 4. The van der Waals surface area contributed by atoms with Crippen LogP contribution in [0.4, 0.5) is 0 Å². The van der Waals surface area contributed by atoms with Gasteiger partial charge in [-0.25, -0.2) is 0 Å². The third kappa shape index (κ3) is 22.1. The first-order chi connectivity index (χ1) is 13.4. The molecule has 0 saturated carbocycles. The molecule has 0 amide bonds. The minimum absolute atomic E-state index is 0.0836. The number of ether oxygens (including phenoxy) is 2. The molecule has 0 aromatic heterocycles. The van der Waals surface area contributed by atoms with E-state index in [0.29, 0.717) is 19.3 Å². The van der Waals surface area contributed by atoms with E-state index in [1.54, 1.807) is 13.8 Å². The molecule has 29 heavy (non-hydrogen) atoms. The minimum Gasteiger partial charge on any atom is -0.480 e. The third-order valence-electron chi connectivity index (χ3n) is 2.67. The average Bonchev–Trinajstić information content (AvgIpc) is 2.66. The second-order valence-corrected chi connectivity index (χ2v) is 10.1. The number of halogens is 4. The average molecular weight is 678 g/mol. The van der Waals surface area contributed by atoms with Crippen LogP contribution in [0.3, 0.4) is 0 Å². The van der Waals surface area contributed by atoms with Crippen LogP contribution >= 0.6 is 63.7 Å². The number of hydrogen-bond acceptors (Lipinski definition) is 6. The predicted molar refractivity (Wildman–Crippen MR) is 125 cm³/mol. The summed E-state index contributed by atoms with van der Waals surface area (Å²) in [4.78, 5) is 40.6. The summed E-state index contributed by atoms with van der Waals surface area (Å²) >= 11 is 12.0. The van der Waals surface area contributed by atoms with E-state index in [1.807, 2.05) is 0 Å². The Hall–Kier alpha value is -0.460. The van der Waals surface area contributed by atoms with Crippen molar-refractivity contribution in [3.8, 4) is 0 Å². The second kappa shape index (κ2) is 20.8. The number of hydrogen-bond donors (Lipinski definition) is 2. The lowest BCUT2D eigenvalue weighted by Crippen LogP contribution is -2.20. The van der Waals surface area contributed by atoms with Crippen molar-refractivity contribution in [3.05, 3.63) is 13.2 Å². The Kier molecular flexibility index (Phi) is 23.8. The van der Waals surface area contributed by atoms with Crippen molar-refractivity contribution in [2.24, 2.45) is 0 Å². The first kappa shape index (κ1) is 33.2. The number of carbonyl (C=O) groups excluding carboxylic acids is 2. The van der Waals surface area contributed by atoms with Crippen molar-refractivity contribution < 1.29 is 38.9 Å². The molecule has 12 heteroatoms. The van der Waals surface area contributed by atoms with Crippen molar-refractivity contribution >= 4 is 87.6 Å². The monoisotopic (exact) mass is 674 g/mol. The van der Waals surface area contributed by atoms with E-state index in [2.05, 4.69) is 76.9 Å². The quantitative estimate of drug-likeness (QED) is 0.144. The smallest absolute Gasteiger partial charge is 0.319 e. The van der Waals surface area contributed by atoms with Crippen LogP contribution < -0.4 is 0 Å². The molecule has 0 aliphatic carbocycles. The van der Waals surface area contributed by atoms with Gasteiger partial charge in [0.05, 0.1) is 0 Å². The van der Waals surface area contributed by atoms with Crippen LogP contribution in [0.5, 0.6) is 0 Å². The van der Waals surface area contributed by atoms with Crippen molar-refractivity contribution in [1.29, 1.82) is 0 Å². The molecule has 0 spiro atoms. The van der Waals surface area contributed by atoms with Gasteiger partial charge in [-0.3, -0.25) is 19.2 Å². The van der Waals surface area contributed by atoms with Gasteiger partial charge in [-0.05, 0) is 26.7 Å². The van der Waals surface area contributed by atoms with Crippen LogP contribution in [0.25, 0.3) is 0 Å². The van der Waals surface area contributed by atoms with Crippen molar-refractivity contribution in [2.45, 2.75) is 52.4 Å². The lowest BCUT2D eigenvalue weighted by Gasteiger charge is -2.07. The largest absolute Gasteiger partial charge is 0.480 e. The van der Waals surface area contributed by atoms with Crippen molar-refractivity contribution in [2.75, 3.05) is 13.2 Å². The van der Waals surface area contributed by atoms with Gasteiger partial charge in [0.25, 0.3) is 0 Å². The SMILES string of the molecule is C=C.CC(Br)C(=O)OCCOC(=O)C(C)Br.O=C(O)C(Br)CCCC(Br)C(=O)O. The first-order valence-corrected chi connectivity index (χ1v) is 11.9. The number of esters is 2. The van der Waals surface area contributed by atoms with Crippen molar-refractivity contribution in [3.63, 3.8) is 0 Å². The molecule has 4 atom stereocenters. The van der Waals surface area contributed by atoms with Crippen LogP contribution in [0.2, 0.25) is 0 Å². The minimum atomic E-state index is -0.915. The number of carboxylic acid groups (broad SMARTS) is 2. The van der Waals surface area contributed by atoms with Crippen molar-refractivity contribution in [1.82, 2.24) is 0 Å². The van der Waals surface area contributed by atoms with Gasteiger partial charge >= 0.3 is 23.9 Å². The Morgan fingerprint density at radius 2 is 1.03 bits per heavy atom. The Morgan fingerprint density at radius 1 is 0.759 bits per heavy atom. The standard InChI is InChI=1S/C8H12Br2O4.C7H10Br2O4.C2H4/c1-5(9)7(11)13-3-4-14-8(12)6(2)10;8-4(6(10)11)2-1-3-5(9)7(12)13;1-2/h5-6H,3-4H2,1-2H3;4-5H,1-3H2,(H,10,11)(H,12,13);1-2H2. The molecule has 4 unspecified atom stereocenters. The Bertz CT molecular complexity index is 458. The molecule has 0 aliphatic rings. The van der Waals surface area contributed by atoms with E-state index >= 15 is 0 Å². The zero-order valence-corrected chi connectivity index (χ0v) is 22.5. The zero-order chi connectivity index (χ0) is 23.6. The van der Waals surface area contributed by atoms with Gasteiger partial charge in [-0.1, -0.05) is 70.1 Å². The van der Waals surface area contributed by atoms with Gasteiger partial charge in [0.15, 0.2) is 0 Å². The summed E-state index contributed by atoms with van der Waals surface area (Å²) in [6, 6.07) is 0. The fraction of sp³-hybridized carbons (Fsp3) is 0.647. The lowest BCUT2D eigenvalue weighted by molar-refractivity contribution is -0.151. The van der Waals surface area contributed by atoms with E-state index in [-0.39, 0.29) is 34.8 Å². The second-order valence-electron chi connectivity index (χ2n) is 5.11. The van der Waals surface area contributed by atoms with E-state index in [0.717, 1.165) is 0 Å². The Morgan fingerprint density at radius 3 is 1.24 bits per heavy atom. The van der Waals surface area contributed by atoms with E-state index in [9.17, 15) is 19.2 Å². The topological polar surface area (TPSA) is 127 Å². The molecule has 0 saturated heterocycles. The number of alkyl halides is 4. The number of rotatable bonds is 11. The molecule has 0 aromatic carbocycles. The molecule has 8 nitrogen and oxygen atoms in total. The number of aliphatic carboxylic acids is 2. The van der Waals surface area contributed by atoms with Crippen LogP contribution in [0, 0.1) is 0 Å². The lowest BCUT2D eigenvalue weighted by atomic mass is 10.1. The van der Waals surface area contributed by atoms with Gasteiger partial charge in [0, 0.05) is 0 Å². The van der Waals surface area contributed by atoms with Crippen LogP contribution in [0.1, 0.15) is 33.1 Å². The van der Waals surface area contributed by atoms with Gasteiger partial charge in [0.1, 0.15) is 32.5 Å². The predicted octanol–water partition coefficient (Wildman–Crippen LogP) is 4.29. The molecule has 0 heterocycles. The molecular formula is C17H26Br4O8. The van der Waals surface area contributed by atoms with E-state index in [1.165, 1.54) is 0 Å². The summed E-state index contributed by atoms with van der Waals surface area (Å²) in [5.41, 5.74) is 0. The molecular weight excluding hydrogens is 652 g/mol. The Labute approximate surface area is 204 Å². The molecule has 0 radical (unpaired) electrons. The highest BCUT2D eigenvalue weighted by Crippen LogP contribution is 2.15. The fourth-order valence-electron chi connectivity index (χ4n) is 1.24. The molecule has 0 rings (SSSR count). The van der Waals surface area contributed by atoms with Crippen LogP contribution in [-0.4, -0.2) is 66.6 Å². The zero-order valence-electron chi connectivity index (χ0n) is 16.1. The molecule has 0 aromatic rings. The fourth-order valence-corrected chi connectivity index (χ4v) is 2.15. The van der Waals surface area contributed by atoms with E-state index < -0.39 is 21.6 Å². The highest BCUT2D eigenvalue weighted by Gasteiger charge is 2.16. The number of carboxylic acids is 2. The van der Waals surface area contributed by atoms with E-state index in [4.69, 9.17) is 19.7 Å². The first-order valence-electron chi connectivity index (χ1n) is 8.25.